The summed E-state index contributed by atoms with van der Waals surface area (Å²) >= 11 is 9.30. The first kappa shape index (κ1) is 15.3. The molecule has 0 atom stereocenters. The van der Waals surface area contributed by atoms with Crippen LogP contribution in [0.4, 0.5) is 14.5 Å². The normalized spacial score (nSPS) is 10.9. The molecule has 1 aromatic heterocycles. The summed E-state index contributed by atoms with van der Waals surface area (Å²) in [6, 6.07) is 1.87. The highest BCUT2D eigenvalue weighted by Crippen LogP contribution is 2.28. The van der Waals surface area contributed by atoms with E-state index in [-0.39, 0.29) is 10.7 Å². The molecule has 0 aliphatic heterocycles. The van der Waals surface area contributed by atoms with Crippen molar-refractivity contribution in [3.63, 3.8) is 0 Å². The second-order valence-corrected chi connectivity index (χ2v) is 5.46. The molecule has 2 rings (SSSR count). The van der Waals surface area contributed by atoms with Crippen LogP contribution in [0.2, 0.25) is 5.02 Å². The number of nitrogens with one attached hydrogen (secondary N) is 1. The van der Waals surface area contributed by atoms with Crippen LogP contribution in [-0.2, 0) is 13.1 Å². The summed E-state index contributed by atoms with van der Waals surface area (Å²) in [6.45, 7) is 4.87. The van der Waals surface area contributed by atoms with E-state index in [1.54, 1.807) is 0 Å². The second kappa shape index (κ2) is 6.10. The number of aromatic nitrogens is 2. The van der Waals surface area contributed by atoms with E-state index in [0.29, 0.717) is 13.1 Å². The Hall–Kier alpha value is -1.14. The lowest BCUT2D eigenvalue weighted by Gasteiger charge is -2.11. The van der Waals surface area contributed by atoms with Crippen LogP contribution in [0, 0.1) is 18.6 Å². The van der Waals surface area contributed by atoms with Crippen LogP contribution >= 0.6 is 27.5 Å². The lowest BCUT2D eigenvalue weighted by Crippen LogP contribution is -2.09. The first-order valence-electron chi connectivity index (χ1n) is 6.04. The molecule has 2 aromatic rings. The summed E-state index contributed by atoms with van der Waals surface area (Å²) in [5.41, 5.74) is 1.82. The predicted octanol–water partition coefficient (Wildman–Crippen LogP) is 4.52. The number of nitrogens with zero attached hydrogens (tertiary/aromatic N) is 2. The van der Waals surface area contributed by atoms with Gasteiger partial charge in [0.05, 0.1) is 33.1 Å². The molecule has 7 heteroatoms. The van der Waals surface area contributed by atoms with E-state index in [0.717, 1.165) is 28.0 Å². The highest BCUT2D eigenvalue weighted by Gasteiger charge is 2.14. The van der Waals surface area contributed by atoms with Crippen molar-refractivity contribution in [1.29, 1.82) is 0 Å². The standard InChI is InChI=1S/C13H13BrClF2N3/c1-3-20-11(12(14)7(2)19-20)6-18-13-9(15)4-8(16)5-10(13)17/h4-5,18H,3,6H2,1-2H3. The Kier molecular flexibility index (Phi) is 4.65. The lowest BCUT2D eigenvalue weighted by molar-refractivity contribution is 0.584. The van der Waals surface area contributed by atoms with Crippen molar-refractivity contribution in [2.45, 2.75) is 26.9 Å². The van der Waals surface area contributed by atoms with Crippen LogP contribution in [0.3, 0.4) is 0 Å². The van der Waals surface area contributed by atoms with E-state index in [2.05, 4.69) is 26.3 Å². The fraction of sp³-hybridized carbons (Fsp3) is 0.308. The summed E-state index contributed by atoms with van der Waals surface area (Å²) in [4.78, 5) is 0. The van der Waals surface area contributed by atoms with E-state index in [9.17, 15) is 8.78 Å². The third kappa shape index (κ3) is 2.96. The largest absolute Gasteiger partial charge is 0.376 e. The van der Waals surface area contributed by atoms with E-state index >= 15 is 0 Å². The van der Waals surface area contributed by atoms with Gasteiger partial charge in [-0.05, 0) is 35.8 Å². The summed E-state index contributed by atoms with van der Waals surface area (Å²) in [6.07, 6.45) is 0. The molecule has 0 saturated heterocycles. The van der Waals surface area contributed by atoms with Gasteiger partial charge in [-0.3, -0.25) is 4.68 Å². The van der Waals surface area contributed by atoms with Gasteiger partial charge in [0, 0.05) is 12.6 Å². The zero-order valence-electron chi connectivity index (χ0n) is 11.0. The van der Waals surface area contributed by atoms with Gasteiger partial charge in [0.25, 0.3) is 0 Å². The maximum atomic E-state index is 13.7. The van der Waals surface area contributed by atoms with Crippen LogP contribution in [0.25, 0.3) is 0 Å². The molecule has 0 unspecified atom stereocenters. The van der Waals surface area contributed by atoms with Gasteiger partial charge < -0.3 is 5.32 Å². The molecule has 1 aromatic carbocycles. The molecule has 0 aliphatic carbocycles. The molecule has 1 N–H and O–H groups in total. The highest BCUT2D eigenvalue weighted by atomic mass is 79.9. The Morgan fingerprint density at radius 2 is 2.10 bits per heavy atom. The molecule has 20 heavy (non-hydrogen) atoms. The number of aryl methyl sites for hydroxylation is 2. The summed E-state index contributed by atoms with van der Waals surface area (Å²) in [7, 11) is 0. The van der Waals surface area contributed by atoms with Gasteiger partial charge in [0.15, 0.2) is 5.82 Å². The van der Waals surface area contributed by atoms with Gasteiger partial charge in [-0.2, -0.15) is 5.10 Å². The van der Waals surface area contributed by atoms with Gasteiger partial charge in [0.2, 0.25) is 0 Å². The molecule has 0 saturated carbocycles. The fourth-order valence-corrected chi connectivity index (χ4v) is 2.61. The van der Waals surface area contributed by atoms with Crippen LogP contribution in [0.1, 0.15) is 18.3 Å². The average Bonchev–Trinajstić information content (AvgIpc) is 2.64. The maximum Gasteiger partial charge on any atom is 0.150 e. The zero-order valence-corrected chi connectivity index (χ0v) is 13.3. The fourth-order valence-electron chi connectivity index (χ4n) is 1.92. The third-order valence-electron chi connectivity index (χ3n) is 2.89. The third-order valence-corrected chi connectivity index (χ3v) is 4.22. The molecule has 0 radical (unpaired) electrons. The minimum Gasteiger partial charge on any atom is -0.376 e. The number of rotatable bonds is 4. The van der Waals surface area contributed by atoms with Crippen molar-refractivity contribution in [2.75, 3.05) is 5.32 Å². The van der Waals surface area contributed by atoms with E-state index in [4.69, 9.17) is 11.6 Å². The number of hydrogen-bond donors (Lipinski definition) is 1. The molecular formula is C13H13BrClF2N3. The molecule has 0 amide bonds. The quantitative estimate of drug-likeness (QED) is 0.864. The van der Waals surface area contributed by atoms with Crippen molar-refractivity contribution >= 4 is 33.2 Å². The average molecular weight is 365 g/mol. The van der Waals surface area contributed by atoms with Gasteiger partial charge >= 0.3 is 0 Å². The highest BCUT2D eigenvalue weighted by molar-refractivity contribution is 9.10. The van der Waals surface area contributed by atoms with Crippen molar-refractivity contribution in [2.24, 2.45) is 0 Å². The monoisotopic (exact) mass is 363 g/mol. The number of benzene rings is 1. The van der Waals surface area contributed by atoms with Crippen LogP contribution in [0.15, 0.2) is 16.6 Å². The van der Waals surface area contributed by atoms with Crippen LogP contribution in [-0.4, -0.2) is 9.78 Å². The molecule has 3 nitrogen and oxygen atoms in total. The first-order chi connectivity index (χ1) is 9.43. The summed E-state index contributed by atoms with van der Waals surface area (Å²) < 4.78 is 29.3. The summed E-state index contributed by atoms with van der Waals surface area (Å²) in [5.74, 6) is -1.42. The SMILES string of the molecule is CCn1nc(C)c(Br)c1CNc1c(F)cc(F)cc1Cl. The topological polar surface area (TPSA) is 29.9 Å². The molecule has 0 aliphatic rings. The molecule has 0 bridgehead atoms. The smallest absolute Gasteiger partial charge is 0.150 e. The Bertz CT molecular complexity index is 620. The number of hydrogen-bond acceptors (Lipinski definition) is 2. The van der Waals surface area contributed by atoms with Crippen molar-refractivity contribution in [1.82, 2.24) is 9.78 Å². The van der Waals surface area contributed by atoms with Crippen molar-refractivity contribution < 1.29 is 8.78 Å². The first-order valence-corrected chi connectivity index (χ1v) is 7.21. The second-order valence-electron chi connectivity index (χ2n) is 4.26. The molecule has 1 heterocycles. The van der Waals surface area contributed by atoms with Gasteiger partial charge in [-0.15, -0.1) is 0 Å². The maximum absolute atomic E-state index is 13.7. The predicted molar refractivity (Wildman–Crippen MR) is 79.0 cm³/mol. The van der Waals surface area contributed by atoms with Gasteiger partial charge in [0.1, 0.15) is 5.82 Å². The minimum atomic E-state index is -0.717. The Balaban J connectivity index is 2.26. The Morgan fingerprint density at radius 3 is 2.70 bits per heavy atom. The minimum absolute atomic E-state index is 0.0120. The van der Waals surface area contributed by atoms with Crippen LogP contribution < -0.4 is 5.32 Å². The molecular weight excluding hydrogens is 352 g/mol. The van der Waals surface area contributed by atoms with E-state index in [1.807, 2.05) is 18.5 Å². The van der Waals surface area contributed by atoms with Gasteiger partial charge in [-0.25, -0.2) is 8.78 Å². The van der Waals surface area contributed by atoms with E-state index < -0.39 is 11.6 Å². The van der Waals surface area contributed by atoms with Gasteiger partial charge in [-0.1, -0.05) is 11.6 Å². The Morgan fingerprint density at radius 1 is 1.40 bits per heavy atom. The summed E-state index contributed by atoms with van der Waals surface area (Å²) in [5, 5.41) is 7.24. The number of anilines is 1. The lowest BCUT2D eigenvalue weighted by atomic mass is 10.2. The van der Waals surface area contributed by atoms with Crippen molar-refractivity contribution in [3.8, 4) is 0 Å². The van der Waals surface area contributed by atoms with Crippen LogP contribution in [0.5, 0.6) is 0 Å². The molecule has 0 fully saturated rings. The van der Waals surface area contributed by atoms with Crippen molar-refractivity contribution in [3.05, 3.63) is 44.7 Å². The zero-order chi connectivity index (χ0) is 14.9. The van der Waals surface area contributed by atoms with E-state index in [1.165, 1.54) is 0 Å². The molecule has 0 spiro atoms. The number of halogens is 4. The molecule has 108 valence electrons. The Labute approximate surface area is 129 Å².